The molecule has 41 nitrogen and oxygen atoms in total. The van der Waals surface area contributed by atoms with Crippen LogP contribution < -0.4 is 42.4 Å². The Bertz CT molecular complexity index is 5190. The topological polar surface area (TPSA) is 493 Å². The zero-order valence-corrected chi connectivity index (χ0v) is 73.5. The largest absolute Gasteiger partial charge is 0.445 e. The van der Waals surface area contributed by atoms with Crippen molar-refractivity contribution in [2.75, 3.05) is 142 Å². The SMILES string of the molecule is COCCOCCOCCOCCOCCOCCOCCNC(=O)[C@H](CC(=O)N[C@H](C(=O)N[C@@H](C)C(=O)Nc1ccc(COC(=O)N(C)CCCC(=O)Nc2ncnc3c2ncn3[C@@H]2O[C@@H]3CO[P@@](=O)(S)O[C@@H]4[C@H](O)[C@@H](CO[P@@](=O)(S)O[C@H]3[C@H]2F)O[C@H]4n2cc(F)c3c(=O)[nH]cnc32)cc1)C(C)C)NC(=O)CCC(=O)N1Cc2ccccc2C#Cc2ccccc21. The van der Waals surface area contributed by atoms with E-state index in [9.17, 15) is 57.4 Å². The molecule has 11 rings (SSSR count). The van der Waals surface area contributed by atoms with Gasteiger partial charge in [0.2, 0.25) is 41.4 Å². The monoisotopic (exact) mass is 1850 g/mol. The van der Waals surface area contributed by atoms with Crippen molar-refractivity contribution in [2.24, 2.45) is 5.92 Å². The van der Waals surface area contributed by atoms with E-state index in [1.807, 2.05) is 30.3 Å². The number of rotatable bonds is 43. The molecule has 4 aliphatic heterocycles. The van der Waals surface area contributed by atoms with E-state index in [0.29, 0.717) is 88.6 Å². The molecule has 0 radical (unpaired) electrons. The van der Waals surface area contributed by atoms with Gasteiger partial charge in [-0.25, -0.2) is 42.6 Å². The van der Waals surface area contributed by atoms with Gasteiger partial charge in [-0.15, -0.1) is 0 Å². The lowest BCUT2D eigenvalue weighted by molar-refractivity contribution is -0.134. The molecule has 0 aliphatic carbocycles. The van der Waals surface area contributed by atoms with Crippen LogP contribution in [-0.2, 0) is 121 Å². The smallest absolute Gasteiger partial charge is 0.409 e. The molecule has 0 spiro atoms. The number of carbonyl (C=O) groups is 8. The number of imidazole rings is 1. The van der Waals surface area contributed by atoms with Crippen molar-refractivity contribution in [3.63, 3.8) is 0 Å². The molecule has 127 heavy (non-hydrogen) atoms. The molecule has 0 unspecified atom stereocenters. The molecule has 4 aliphatic rings. The third-order valence-corrected chi connectivity index (χ3v) is 23.3. The van der Waals surface area contributed by atoms with E-state index in [-0.39, 0.29) is 94.4 Å². The number of amides is 8. The standard InChI is InChI=1S/C80H101F2N15O26P2S2/c1-48(2)66(92-62(100)39-56(75(104)83-24-26-111-29-30-113-33-34-115-37-38-116-36-35-114-32-31-112-28-27-110-5)91-61(99)22-23-63(101)95-40-53-13-7-6-11-51(53)18-19-52-12-8-9-14-57(52)95)77(106)89-49(3)74(103)90-54-20-16-50(17-21-54)42-117-80(107)94(4)25-10-15-60(98)93-71-67-73(86-45-84-71)97(47-88-67)78-65(82)69-59(121-78)44-119-125(109,127)123-70-68(102)58(43-118-124(108,126)122-69)120-79(70)96-41-55(81)64-72(96)85-46-87-76(64)105/h6-9,11-14,16-17,20-21,41,45-49,56,58-59,65-66,68-70,78-79,102H,10,15,22-40,42-44H2,1-5H3,(H,83,104)(H,89,106)(H,90,103)(H,91,99)(H,92,100)(H,108,126)(H,109,127)(H,85,87,105)(H,84,86,93,98)/t49-,56-,58+,59+,65+,66-,68+,69+,70+,78+,79+,124+,125+/m0/s1. The minimum Gasteiger partial charge on any atom is -0.445 e. The van der Waals surface area contributed by atoms with Crippen LogP contribution in [0.3, 0.4) is 0 Å². The summed E-state index contributed by atoms with van der Waals surface area (Å²) in [6.45, 7) is -1.57. The number of aliphatic hydroxyl groups is 1. The molecule has 688 valence electrons. The predicted molar refractivity (Wildman–Crippen MR) is 455 cm³/mol. The van der Waals surface area contributed by atoms with Crippen molar-refractivity contribution in [2.45, 2.75) is 133 Å². The van der Waals surface area contributed by atoms with Gasteiger partial charge in [0.1, 0.15) is 67.0 Å². The van der Waals surface area contributed by atoms with Gasteiger partial charge in [-0.1, -0.05) is 92.7 Å². The third kappa shape index (κ3) is 27.9. The van der Waals surface area contributed by atoms with E-state index in [4.69, 9.17) is 65.5 Å². The highest BCUT2D eigenvalue weighted by molar-refractivity contribution is 8.44. The Kier molecular flexibility index (Phi) is 36.6. The maximum Gasteiger partial charge on any atom is 0.409 e. The summed E-state index contributed by atoms with van der Waals surface area (Å²) in [7, 11) is 3.06. The van der Waals surface area contributed by atoms with Crippen molar-refractivity contribution in [3.05, 3.63) is 136 Å². The molecule has 7 aromatic rings. The van der Waals surface area contributed by atoms with Crippen molar-refractivity contribution < 1.29 is 127 Å². The molecule has 0 saturated carbocycles. The second kappa shape index (κ2) is 47.5. The lowest BCUT2D eigenvalue weighted by Gasteiger charge is -2.26. The average Bonchev–Trinajstić information content (AvgIpc) is 1.14. The number of methoxy groups -OCH3 is 1. The van der Waals surface area contributed by atoms with Crippen LogP contribution in [0.25, 0.3) is 22.2 Å². The van der Waals surface area contributed by atoms with E-state index >= 15 is 8.78 Å². The Balaban J connectivity index is 0.604. The average molecular weight is 1850 g/mol. The first-order valence-corrected chi connectivity index (χ1v) is 46.0. The molecule has 4 aromatic heterocycles. The van der Waals surface area contributed by atoms with Gasteiger partial charge in [-0.05, 0) is 60.7 Å². The highest BCUT2D eigenvalue weighted by Gasteiger charge is 2.54. The first-order valence-electron chi connectivity index (χ1n) is 40.6. The summed E-state index contributed by atoms with van der Waals surface area (Å²) in [4.78, 5) is 144. The van der Waals surface area contributed by atoms with Crippen molar-refractivity contribution >= 4 is 125 Å². The molecule has 3 saturated heterocycles. The number of nitrogens with zero attached hydrogens (tertiary/aromatic N) is 8. The Hall–Kier alpha value is -9.79. The Labute approximate surface area is 737 Å². The van der Waals surface area contributed by atoms with Crippen LogP contribution in [0.2, 0.25) is 0 Å². The number of anilines is 3. The summed E-state index contributed by atoms with van der Waals surface area (Å²) in [6, 6.07) is 17.0. The first-order chi connectivity index (χ1) is 61.0. The minimum atomic E-state index is -4.65. The van der Waals surface area contributed by atoms with Crippen LogP contribution in [0.4, 0.5) is 30.8 Å². The quantitative estimate of drug-likeness (QED) is 0.0102. The van der Waals surface area contributed by atoms with Gasteiger partial charge >= 0.3 is 19.7 Å². The number of H-pyrrole nitrogens is 1. The van der Waals surface area contributed by atoms with Crippen LogP contribution in [0, 0.1) is 23.6 Å². The van der Waals surface area contributed by atoms with Gasteiger partial charge in [0.05, 0.1) is 130 Å². The van der Waals surface area contributed by atoms with Crippen molar-refractivity contribution in [1.29, 1.82) is 0 Å². The second-order valence-electron chi connectivity index (χ2n) is 29.6. The van der Waals surface area contributed by atoms with Crippen molar-refractivity contribution in [1.82, 2.24) is 60.2 Å². The molecule has 13 atom stereocenters. The summed E-state index contributed by atoms with van der Waals surface area (Å²) in [6.07, 6.45) is -11.9. The number of aliphatic hydroxyl groups excluding tert-OH is 1. The molecule has 3 fully saturated rings. The maximum absolute atomic E-state index is 16.8. The van der Waals surface area contributed by atoms with E-state index in [1.165, 1.54) is 18.9 Å². The molecule has 8 N–H and O–H groups in total. The maximum atomic E-state index is 16.8. The number of benzene rings is 3. The number of ether oxygens (including phenoxy) is 10. The number of fused-ring (bicyclic) bond motifs is 7. The van der Waals surface area contributed by atoms with E-state index in [1.54, 1.807) is 68.3 Å². The zero-order valence-electron chi connectivity index (χ0n) is 69.9. The molecule has 8 heterocycles. The molecule has 3 aromatic carbocycles. The summed E-state index contributed by atoms with van der Waals surface area (Å²) >= 11 is 8.14. The van der Waals surface area contributed by atoms with Crippen LogP contribution in [0.5, 0.6) is 0 Å². The number of alkyl halides is 1. The number of para-hydroxylation sites is 1. The lowest BCUT2D eigenvalue weighted by Crippen LogP contribution is -2.55. The van der Waals surface area contributed by atoms with Gasteiger partial charge in [0.15, 0.2) is 47.1 Å². The summed E-state index contributed by atoms with van der Waals surface area (Å²) in [5, 5.41) is 26.8. The van der Waals surface area contributed by atoms with Gasteiger partial charge in [-0.2, -0.15) is 0 Å². The highest BCUT2D eigenvalue weighted by Crippen LogP contribution is 2.60. The fourth-order valence-corrected chi connectivity index (χ4v) is 16.4. The molecule has 2 bridgehead atoms. The van der Waals surface area contributed by atoms with Gasteiger partial charge in [-0.3, -0.25) is 61.0 Å². The number of thiol groups is 2. The number of aromatic nitrogens is 7. The number of aromatic amines is 1. The zero-order chi connectivity index (χ0) is 90.7. The van der Waals surface area contributed by atoms with Gasteiger partial charge in [0.25, 0.3) is 5.56 Å². The lowest BCUT2D eigenvalue weighted by atomic mass is 10.0. The van der Waals surface area contributed by atoms with E-state index in [0.717, 1.165) is 45.4 Å². The minimum absolute atomic E-state index is 0.0265. The Morgan fingerprint density at radius 1 is 0.677 bits per heavy atom. The number of nitrogens with one attached hydrogen (secondary N) is 7. The molecular weight excluding hydrogens is 1750 g/mol. The molecule has 8 amide bonds. The number of halogens is 2. The predicted octanol–water partition coefficient (Wildman–Crippen LogP) is 5.13. The van der Waals surface area contributed by atoms with Crippen LogP contribution in [0.1, 0.15) is 87.6 Å². The second-order valence-corrected chi connectivity index (χ2v) is 35.4. The number of hydrogen-bond donors (Lipinski definition) is 10. The Morgan fingerprint density at radius 3 is 1.98 bits per heavy atom. The van der Waals surface area contributed by atoms with Crippen LogP contribution in [0.15, 0.2) is 103 Å². The van der Waals surface area contributed by atoms with E-state index in [2.05, 4.69) is 93.2 Å². The molecular formula is C80H101F2N15O26P2S2. The molecule has 47 heteroatoms. The third-order valence-electron chi connectivity index (χ3n) is 20.1. The Morgan fingerprint density at radius 2 is 1.30 bits per heavy atom. The van der Waals surface area contributed by atoms with Gasteiger partial charge < -0.3 is 104 Å². The summed E-state index contributed by atoms with van der Waals surface area (Å²) in [5.41, 5.74) is 2.38. The van der Waals surface area contributed by atoms with Crippen LogP contribution >= 0.6 is 38.1 Å². The van der Waals surface area contributed by atoms with Gasteiger partial charge in [0, 0.05) is 69.5 Å². The fraction of sp³-hybridized carbons (Fsp3) is 0.512. The summed E-state index contributed by atoms with van der Waals surface area (Å²) in [5.74, 6) is 0.0488. The van der Waals surface area contributed by atoms with Crippen LogP contribution in [-0.4, -0.2) is 273 Å². The summed E-state index contributed by atoms with van der Waals surface area (Å²) < 4.78 is 140. The van der Waals surface area contributed by atoms with E-state index < -0.39 is 171 Å². The number of hydrogen-bond acceptors (Lipinski definition) is 30. The normalized spacial score (nSPS) is 21.6. The fourth-order valence-electron chi connectivity index (χ4n) is 13.5. The first kappa shape index (κ1) is 97.8. The highest BCUT2D eigenvalue weighted by atomic mass is 32.7. The number of carbonyl (C=O) groups excluding carboxylic acids is 8. The van der Waals surface area contributed by atoms with Crippen molar-refractivity contribution in [3.8, 4) is 11.8 Å².